The van der Waals surface area contributed by atoms with Crippen molar-refractivity contribution in [2.45, 2.75) is 12.3 Å². The minimum absolute atomic E-state index is 0.0345. The smallest absolute Gasteiger partial charge is 0.269 e. The zero-order chi connectivity index (χ0) is 19.9. The lowest BCUT2D eigenvalue weighted by atomic mass is 9.93. The summed E-state index contributed by atoms with van der Waals surface area (Å²) in [6.07, 6.45) is 0. The molecule has 0 bridgehead atoms. The Balaban J connectivity index is 1.79. The van der Waals surface area contributed by atoms with E-state index in [0.717, 1.165) is 0 Å². The van der Waals surface area contributed by atoms with Crippen LogP contribution in [0.25, 0.3) is 0 Å². The Labute approximate surface area is 165 Å². The third-order valence-electron chi connectivity index (χ3n) is 4.90. The number of rotatable bonds is 4. The number of amides is 1. The molecule has 4 rings (SSSR count). The van der Waals surface area contributed by atoms with E-state index in [1.807, 2.05) is 0 Å². The minimum atomic E-state index is -1.67. The number of aliphatic hydroxyl groups is 1. The Bertz CT molecular complexity index is 1070. The van der Waals surface area contributed by atoms with E-state index in [4.69, 9.17) is 11.6 Å². The van der Waals surface area contributed by atoms with E-state index in [2.05, 4.69) is 0 Å². The van der Waals surface area contributed by atoms with Gasteiger partial charge in [0.15, 0.2) is 5.72 Å². The summed E-state index contributed by atoms with van der Waals surface area (Å²) in [5, 5.41) is 23.1. The molecule has 1 unspecified atom stereocenters. The molecule has 140 valence electrons. The van der Waals surface area contributed by atoms with E-state index >= 15 is 0 Å². The first-order chi connectivity index (χ1) is 13.4. The average molecular weight is 395 g/mol. The number of hydrogen-bond acceptors (Lipinski definition) is 4. The third-order valence-corrected chi connectivity index (χ3v) is 5.16. The highest BCUT2D eigenvalue weighted by atomic mass is 35.5. The summed E-state index contributed by atoms with van der Waals surface area (Å²) in [5.41, 5.74) is 0.384. The molecule has 0 aromatic heterocycles. The lowest BCUT2D eigenvalue weighted by Crippen LogP contribution is -2.44. The number of carbonyl (C=O) groups is 1. The number of nitro groups is 1. The van der Waals surface area contributed by atoms with E-state index in [-0.39, 0.29) is 18.1 Å². The molecule has 7 heteroatoms. The minimum Gasteiger partial charge on any atom is -0.363 e. The molecule has 1 aliphatic heterocycles. The highest BCUT2D eigenvalue weighted by molar-refractivity contribution is 6.30. The van der Waals surface area contributed by atoms with Crippen LogP contribution in [0.1, 0.15) is 27.0 Å². The van der Waals surface area contributed by atoms with E-state index in [1.54, 1.807) is 60.7 Å². The number of carbonyl (C=O) groups excluding carboxylic acids is 1. The molecule has 1 aliphatic rings. The van der Waals surface area contributed by atoms with Gasteiger partial charge in [-0.15, -0.1) is 0 Å². The topological polar surface area (TPSA) is 83.7 Å². The lowest BCUT2D eigenvalue weighted by molar-refractivity contribution is -0.384. The van der Waals surface area contributed by atoms with Crippen LogP contribution in [-0.2, 0) is 12.3 Å². The molecule has 0 spiro atoms. The Morgan fingerprint density at radius 3 is 2.29 bits per heavy atom. The Morgan fingerprint density at radius 1 is 1.00 bits per heavy atom. The van der Waals surface area contributed by atoms with Crippen LogP contribution in [0, 0.1) is 10.1 Å². The highest BCUT2D eigenvalue weighted by Gasteiger charge is 2.49. The van der Waals surface area contributed by atoms with Crippen molar-refractivity contribution in [3.8, 4) is 0 Å². The Kier molecular flexibility index (Phi) is 4.37. The van der Waals surface area contributed by atoms with Gasteiger partial charge in [0.2, 0.25) is 0 Å². The zero-order valence-corrected chi connectivity index (χ0v) is 15.3. The summed E-state index contributed by atoms with van der Waals surface area (Å²) in [5.74, 6) is -0.314. The predicted octanol–water partition coefficient (Wildman–Crippen LogP) is 4.10. The van der Waals surface area contributed by atoms with Crippen LogP contribution < -0.4 is 0 Å². The fourth-order valence-corrected chi connectivity index (χ4v) is 3.62. The Hall–Kier alpha value is -3.22. The van der Waals surface area contributed by atoms with E-state index in [0.29, 0.717) is 27.3 Å². The van der Waals surface area contributed by atoms with Crippen LogP contribution in [-0.4, -0.2) is 20.8 Å². The second-order valence-corrected chi connectivity index (χ2v) is 6.98. The van der Waals surface area contributed by atoms with Crippen molar-refractivity contribution in [1.82, 2.24) is 4.90 Å². The van der Waals surface area contributed by atoms with Gasteiger partial charge in [-0.3, -0.25) is 19.8 Å². The van der Waals surface area contributed by atoms with Crippen molar-refractivity contribution in [2.75, 3.05) is 0 Å². The van der Waals surface area contributed by atoms with Gasteiger partial charge in [-0.05, 0) is 23.8 Å². The normalized spacial score (nSPS) is 18.2. The summed E-state index contributed by atoms with van der Waals surface area (Å²) >= 11 is 5.98. The van der Waals surface area contributed by atoms with Gasteiger partial charge in [0.25, 0.3) is 11.6 Å². The number of hydrogen-bond donors (Lipinski definition) is 1. The maximum atomic E-state index is 13.1. The average Bonchev–Trinajstić information content (AvgIpc) is 2.92. The standard InChI is InChI=1S/C21H15ClN2O4/c22-16-9-7-15(8-10-16)21(26)19-4-2-1-3-18(19)20(25)23(21)13-14-5-11-17(12-6-14)24(27)28/h1-12,26H,13H2. The molecule has 1 atom stereocenters. The molecule has 3 aromatic carbocycles. The molecule has 0 fully saturated rings. The number of nitrogens with zero attached hydrogens (tertiary/aromatic N) is 2. The molecule has 3 aromatic rings. The van der Waals surface area contributed by atoms with Crippen LogP contribution in [0.4, 0.5) is 5.69 Å². The number of non-ortho nitro benzene ring substituents is 1. The SMILES string of the molecule is O=C1c2ccccc2C(O)(c2ccc(Cl)cc2)N1Cc1ccc([N+](=O)[O-])cc1. The molecular formula is C21H15ClN2O4. The van der Waals surface area contributed by atoms with Gasteiger partial charge in [0.05, 0.1) is 4.92 Å². The third kappa shape index (κ3) is 2.83. The predicted molar refractivity (Wildman–Crippen MR) is 104 cm³/mol. The van der Waals surface area contributed by atoms with Crippen molar-refractivity contribution in [2.24, 2.45) is 0 Å². The van der Waals surface area contributed by atoms with Gasteiger partial charge >= 0.3 is 0 Å². The fourth-order valence-electron chi connectivity index (χ4n) is 3.50. The van der Waals surface area contributed by atoms with Crippen LogP contribution in [0.15, 0.2) is 72.8 Å². The molecule has 0 saturated carbocycles. The van der Waals surface area contributed by atoms with Crippen molar-refractivity contribution < 1.29 is 14.8 Å². The molecule has 0 aliphatic carbocycles. The molecule has 1 amide bonds. The number of fused-ring (bicyclic) bond motifs is 1. The summed E-state index contributed by atoms with van der Waals surface area (Å²) in [4.78, 5) is 24.8. The van der Waals surface area contributed by atoms with Gasteiger partial charge in [0, 0.05) is 40.4 Å². The second-order valence-electron chi connectivity index (χ2n) is 6.54. The summed E-state index contributed by atoms with van der Waals surface area (Å²) in [6, 6.07) is 19.5. The van der Waals surface area contributed by atoms with Crippen molar-refractivity contribution in [3.05, 3.63) is 110 Å². The van der Waals surface area contributed by atoms with Gasteiger partial charge in [-0.1, -0.05) is 54.1 Å². The highest BCUT2D eigenvalue weighted by Crippen LogP contribution is 2.43. The first kappa shape index (κ1) is 18.2. The van der Waals surface area contributed by atoms with Gasteiger partial charge in [-0.2, -0.15) is 0 Å². The van der Waals surface area contributed by atoms with Gasteiger partial charge in [0.1, 0.15) is 0 Å². The summed E-state index contributed by atoms with van der Waals surface area (Å²) < 4.78 is 0. The lowest BCUT2D eigenvalue weighted by Gasteiger charge is -2.35. The van der Waals surface area contributed by atoms with Crippen molar-refractivity contribution in [1.29, 1.82) is 0 Å². The van der Waals surface area contributed by atoms with Gasteiger partial charge < -0.3 is 5.11 Å². The van der Waals surface area contributed by atoms with Crippen molar-refractivity contribution in [3.63, 3.8) is 0 Å². The first-order valence-electron chi connectivity index (χ1n) is 8.54. The van der Waals surface area contributed by atoms with Crippen LogP contribution in [0.2, 0.25) is 5.02 Å². The van der Waals surface area contributed by atoms with Gasteiger partial charge in [-0.25, -0.2) is 0 Å². The second kappa shape index (κ2) is 6.74. The first-order valence-corrected chi connectivity index (χ1v) is 8.92. The summed E-state index contributed by atoms with van der Waals surface area (Å²) in [7, 11) is 0. The number of halogens is 1. The van der Waals surface area contributed by atoms with Crippen molar-refractivity contribution >= 4 is 23.2 Å². The monoisotopic (exact) mass is 394 g/mol. The fraction of sp³-hybridized carbons (Fsp3) is 0.0952. The largest absolute Gasteiger partial charge is 0.363 e. The van der Waals surface area contributed by atoms with E-state index in [9.17, 15) is 20.0 Å². The number of benzene rings is 3. The molecule has 0 saturated heterocycles. The molecular weight excluding hydrogens is 380 g/mol. The van der Waals surface area contributed by atoms with E-state index in [1.165, 1.54) is 17.0 Å². The Morgan fingerprint density at radius 2 is 1.64 bits per heavy atom. The molecule has 1 N–H and O–H groups in total. The van der Waals surface area contributed by atoms with E-state index < -0.39 is 10.6 Å². The summed E-state index contributed by atoms with van der Waals surface area (Å²) in [6.45, 7) is 0.0879. The molecule has 6 nitrogen and oxygen atoms in total. The quantitative estimate of drug-likeness (QED) is 0.533. The number of nitro benzene ring substituents is 1. The maximum Gasteiger partial charge on any atom is 0.269 e. The van der Waals surface area contributed by atoms with Crippen LogP contribution in [0.5, 0.6) is 0 Å². The van der Waals surface area contributed by atoms with Crippen LogP contribution in [0.3, 0.4) is 0 Å². The van der Waals surface area contributed by atoms with Crippen LogP contribution >= 0.6 is 11.6 Å². The molecule has 28 heavy (non-hydrogen) atoms. The molecule has 1 heterocycles. The maximum absolute atomic E-state index is 13.1. The zero-order valence-electron chi connectivity index (χ0n) is 14.6. The molecule has 0 radical (unpaired) electrons.